The molecular weight excluding hydrogens is 264 g/mol. The summed E-state index contributed by atoms with van der Waals surface area (Å²) in [5.74, 6) is 1.86. The van der Waals surface area contributed by atoms with Crippen LogP contribution in [-0.2, 0) is 10.0 Å². The molecule has 1 aliphatic heterocycles. The molecule has 2 atom stereocenters. The summed E-state index contributed by atoms with van der Waals surface area (Å²) < 4.78 is 25.7. The van der Waals surface area contributed by atoms with E-state index in [1.165, 1.54) is 19.1 Å². The fraction of sp³-hybridized carbons (Fsp3) is 0.667. The number of anilines is 1. The van der Waals surface area contributed by atoms with Crippen molar-refractivity contribution >= 4 is 15.8 Å². The van der Waals surface area contributed by atoms with Gasteiger partial charge in [0.05, 0.1) is 6.26 Å². The summed E-state index contributed by atoms with van der Waals surface area (Å²) in [6.07, 6.45) is 5.29. The van der Waals surface area contributed by atoms with E-state index in [-0.39, 0.29) is 6.04 Å². The molecule has 19 heavy (non-hydrogen) atoms. The largest absolute Gasteiger partial charge is 0.353 e. The topological polar surface area (TPSA) is 75.2 Å². The number of rotatable bonds is 4. The predicted octanol–water partition coefficient (Wildman–Crippen LogP) is 0.241. The van der Waals surface area contributed by atoms with Gasteiger partial charge in [0.1, 0.15) is 0 Å². The Morgan fingerprint density at radius 3 is 2.74 bits per heavy atom. The van der Waals surface area contributed by atoms with Gasteiger partial charge in [0.25, 0.3) is 0 Å². The second-order valence-corrected chi connectivity index (χ2v) is 7.26. The minimum Gasteiger partial charge on any atom is -0.353 e. The lowest BCUT2D eigenvalue weighted by Gasteiger charge is -2.17. The van der Waals surface area contributed by atoms with Gasteiger partial charge in [-0.25, -0.2) is 13.1 Å². The fourth-order valence-electron chi connectivity index (χ4n) is 2.88. The maximum absolute atomic E-state index is 11.5. The lowest BCUT2D eigenvalue weighted by molar-refractivity contribution is 0.427. The fourth-order valence-corrected chi connectivity index (χ4v) is 3.68. The Bertz CT molecular complexity index is 544. The molecule has 3 rings (SSSR count). The molecule has 0 bridgehead atoms. The highest BCUT2D eigenvalue weighted by atomic mass is 32.2. The Labute approximate surface area is 113 Å². The van der Waals surface area contributed by atoms with Crippen LogP contribution in [0.3, 0.4) is 0 Å². The molecule has 6 nitrogen and oxygen atoms in total. The number of nitrogens with zero attached hydrogens (tertiary/aromatic N) is 3. The molecule has 1 N–H and O–H groups in total. The van der Waals surface area contributed by atoms with Gasteiger partial charge in [-0.05, 0) is 36.8 Å². The van der Waals surface area contributed by atoms with Gasteiger partial charge in [0, 0.05) is 25.3 Å². The van der Waals surface area contributed by atoms with Gasteiger partial charge in [-0.1, -0.05) is 0 Å². The number of hydrogen-bond donors (Lipinski definition) is 1. The van der Waals surface area contributed by atoms with Crippen molar-refractivity contribution in [3.05, 3.63) is 18.3 Å². The van der Waals surface area contributed by atoms with E-state index in [1.54, 1.807) is 6.20 Å². The van der Waals surface area contributed by atoms with Crippen LogP contribution in [0.25, 0.3) is 0 Å². The average molecular weight is 282 g/mol. The smallest absolute Gasteiger partial charge is 0.209 e. The maximum Gasteiger partial charge on any atom is 0.209 e. The van der Waals surface area contributed by atoms with E-state index in [4.69, 9.17) is 0 Å². The monoisotopic (exact) mass is 282 g/mol. The first kappa shape index (κ1) is 12.8. The van der Waals surface area contributed by atoms with Crippen LogP contribution in [0, 0.1) is 11.8 Å². The zero-order chi connectivity index (χ0) is 13.5. The highest BCUT2D eigenvalue weighted by molar-refractivity contribution is 7.88. The Balaban J connectivity index is 1.77. The number of sulfonamides is 1. The van der Waals surface area contributed by atoms with Crippen LogP contribution in [0.15, 0.2) is 18.3 Å². The summed E-state index contributed by atoms with van der Waals surface area (Å²) in [7, 11) is -3.16. The van der Waals surface area contributed by atoms with E-state index in [9.17, 15) is 8.42 Å². The minimum absolute atomic E-state index is 0.00972. The lowest BCUT2D eigenvalue weighted by Crippen LogP contribution is -2.40. The summed E-state index contributed by atoms with van der Waals surface area (Å²) in [5.41, 5.74) is 0. The first-order valence-electron chi connectivity index (χ1n) is 6.53. The summed E-state index contributed by atoms with van der Waals surface area (Å²) in [5, 5.41) is 7.99. The van der Waals surface area contributed by atoms with Crippen molar-refractivity contribution < 1.29 is 8.42 Å². The van der Waals surface area contributed by atoms with Crippen molar-refractivity contribution in [3.8, 4) is 0 Å². The summed E-state index contributed by atoms with van der Waals surface area (Å²) in [4.78, 5) is 2.12. The minimum atomic E-state index is -3.16. The molecule has 1 aliphatic carbocycles. The molecule has 0 unspecified atom stereocenters. The molecule has 1 saturated heterocycles. The summed E-state index contributed by atoms with van der Waals surface area (Å²) in [6, 6.07) is 3.76. The van der Waals surface area contributed by atoms with E-state index in [0.29, 0.717) is 18.4 Å². The van der Waals surface area contributed by atoms with Crippen LogP contribution in [-0.4, -0.2) is 44.0 Å². The SMILES string of the molecule is CS(=O)(=O)N[C@H]1CN(c2cccnn2)C[C@@H]1C1CC1. The van der Waals surface area contributed by atoms with Gasteiger partial charge < -0.3 is 4.90 Å². The van der Waals surface area contributed by atoms with Crippen LogP contribution < -0.4 is 9.62 Å². The molecule has 1 saturated carbocycles. The van der Waals surface area contributed by atoms with Crippen molar-refractivity contribution in [2.75, 3.05) is 24.2 Å². The van der Waals surface area contributed by atoms with E-state index in [2.05, 4.69) is 19.8 Å². The molecule has 2 heterocycles. The second-order valence-electron chi connectivity index (χ2n) is 5.48. The molecule has 0 aromatic carbocycles. The third kappa shape index (κ3) is 3.03. The van der Waals surface area contributed by atoms with Gasteiger partial charge >= 0.3 is 0 Å². The Morgan fingerprint density at radius 2 is 2.16 bits per heavy atom. The van der Waals surface area contributed by atoms with Crippen LogP contribution >= 0.6 is 0 Å². The Hall–Kier alpha value is -1.21. The third-order valence-electron chi connectivity index (χ3n) is 3.84. The zero-order valence-corrected chi connectivity index (χ0v) is 11.7. The molecule has 1 aromatic rings. The molecule has 104 valence electrons. The molecule has 2 aliphatic rings. The van der Waals surface area contributed by atoms with E-state index >= 15 is 0 Å². The van der Waals surface area contributed by atoms with Crippen molar-refractivity contribution in [2.24, 2.45) is 11.8 Å². The molecule has 2 fully saturated rings. The van der Waals surface area contributed by atoms with Crippen LogP contribution in [0.2, 0.25) is 0 Å². The van der Waals surface area contributed by atoms with Crippen LogP contribution in [0.4, 0.5) is 5.82 Å². The molecule has 7 heteroatoms. The van der Waals surface area contributed by atoms with E-state index in [0.717, 1.165) is 12.4 Å². The van der Waals surface area contributed by atoms with Crippen LogP contribution in [0.5, 0.6) is 0 Å². The molecule has 0 spiro atoms. The van der Waals surface area contributed by atoms with E-state index in [1.807, 2.05) is 12.1 Å². The number of nitrogens with one attached hydrogen (secondary N) is 1. The third-order valence-corrected chi connectivity index (χ3v) is 4.57. The van der Waals surface area contributed by atoms with Gasteiger partial charge in [0.2, 0.25) is 10.0 Å². The first-order chi connectivity index (χ1) is 9.03. The standard InChI is InChI=1S/C12H18N4O2S/c1-19(17,18)15-11-8-16(7-10(11)9-4-5-9)12-3-2-6-13-14-12/h2-3,6,9-11,15H,4-5,7-8H2,1H3/t10-,11+/m1/s1. The Kier molecular flexibility index (Phi) is 3.18. The van der Waals surface area contributed by atoms with Gasteiger partial charge in [-0.2, -0.15) is 5.10 Å². The number of hydrogen-bond acceptors (Lipinski definition) is 5. The highest BCUT2D eigenvalue weighted by Gasteiger charge is 2.43. The molecule has 1 aromatic heterocycles. The molecular formula is C12H18N4O2S. The molecule has 0 amide bonds. The average Bonchev–Trinajstić information content (AvgIpc) is 3.11. The van der Waals surface area contributed by atoms with Gasteiger partial charge in [-0.15, -0.1) is 5.10 Å². The quantitative estimate of drug-likeness (QED) is 0.856. The second kappa shape index (κ2) is 4.72. The van der Waals surface area contributed by atoms with Crippen LogP contribution in [0.1, 0.15) is 12.8 Å². The van der Waals surface area contributed by atoms with Crippen molar-refractivity contribution in [1.29, 1.82) is 0 Å². The lowest BCUT2D eigenvalue weighted by atomic mass is 9.99. The summed E-state index contributed by atoms with van der Waals surface area (Å²) in [6.45, 7) is 1.53. The number of aromatic nitrogens is 2. The normalized spacial score (nSPS) is 27.7. The van der Waals surface area contributed by atoms with Gasteiger partial charge in [0.15, 0.2) is 5.82 Å². The highest BCUT2D eigenvalue weighted by Crippen LogP contribution is 2.42. The van der Waals surface area contributed by atoms with E-state index < -0.39 is 10.0 Å². The first-order valence-corrected chi connectivity index (χ1v) is 8.42. The Morgan fingerprint density at radius 1 is 1.37 bits per heavy atom. The van der Waals surface area contributed by atoms with Crippen molar-refractivity contribution in [1.82, 2.24) is 14.9 Å². The van der Waals surface area contributed by atoms with Crippen molar-refractivity contribution in [2.45, 2.75) is 18.9 Å². The predicted molar refractivity (Wildman–Crippen MR) is 72.2 cm³/mol. The maximum atomic E-state index is 11.5. The zero-order valence-electron chi connectivity index (χ0n) is 10.9. The van der Waals surface area contributed by atoms with Crippen molar-refractivity contribution in [3.63, 3.8) is 0 Å². The summed E-state index contributed by atoms with van der Waals surface area (Å²) >= 11 is 0. The van der Waals surface area contributed by atoms with Gasteiger partial charge in [-0.3, -0.25) is 0 Å². The molecule has 0 radical (unpaired) electrons.